The molecule has 0 atom stereocenters. The summed E-state index contributed by atoms with van der Waals surface area (Å²) in [6, 6.07) is 5.98. The summed E-state index contributed by atoms with van der Waals surface area (Å²) in [5.41, 5.74) is 2.45. The van der Waals surface area contributed by atoms with Crippen molar-refractivity contribution in [2.45, 2.75) is 13.8 Å². The number of aryl methyl sites for hydroxylation is 2. The van der Waals surface area contributed by atoms with Gasteiger partial charge >= 0.3 is 0 Å². The van der Waals surface area contributed by atoms with Crippen molar-refractivity contribution >= 4 is 9.84 Å². The summed E-state index contributed by atoms with van der Waals surface area (Å²) in [4.78, 5) is 0. The van der Waals surface area contributed by atoms with E-state index in [-0.39, 0.29) is 5.75 Å². The molecular weight excluding hydrogens is 250 g/mol. The highest BCUT2D eigenvalue weighted by atomic mass is 32.2. The van der Waals surface area contributed by atoms with Crippen molar-refractivity contribution in [3.8, 4) is 5.75 Å². The maximum atomic E-state index is 10.9. The SMILES string of the molecule is Cc1ccc(OCCNCCS(C)(=O)=O)cc1C. The first kappa shape index (κ1) is 15.0. The predicted octanol–water partition coefficient (Wildman–Crippen LogP) is 1.32. The Bertz CT molecular complexity index is 483. The molecule has 0 radical (unpaired) electrons. The largest absolute Gasteiger partial charge is 0.492 e. The number of nitrogens with one attached hydrogen (secondary N) is 1. The Hall–Kier alpha value is -1.07. The van der Waals surface area contributed by atoms with Crippen molar-refractivity contribution in [3.63, 3.8) is 0 Å². The molecule has 0 amide bonds. The highest BCUT2D eigenvalue weighted by molar-refractivity contribution is 7.90. The quantitative estimate of drug-likeness (QED) is 0.760. The van der Waals surface area contributed by atoms with Gasteiger partial charge in [-0.05, 0) is 37.1 Å². The molecule has 0 unspecified atom stereocenters. The molecule has 0 saturated carbocycles. The molecular formula is C13H21NO3S. The predicted molar refractivity (Wildman–Crippen MR) is 74.0 cm³/mol. The zero-order valence-corrected chi connectivity index (χ0v) is 12.0. The van der Waals surface area contributed by atoms with E-state index >= 15 is 0 Å². The smallest absolute Gasteiger partial charge is 0.148 e. The van der Waals surface area contributed by atoms with Crippen molar-refractivity contribution in [1.82, 2.24) is 5.32 Å². The van der Waals surface area contributed by atoms with E-state index in [1.165, 1.54) is 17.4 Å². The third kappa shape index (κ3) is 6.02. The fourth-order valence-corrected chi connectivity index (χ4v) is 1.94. The summed E-state index contributed by atoms with van der Waals surface area (Å²) in [6.45, 7) is 5.75. The van der Waals surface area contributed by atoms with Gasteiger partial charge in [0, 0.05) is 19.3 Å². The lowest BCUT2D eigenvalue weighted by Gasteiger charge is -2.09. The summed E-state index contributed by atoms with van der Waals surface area (Å²) in [7, 11) is -2.88. The standard InChI is InChI=1S/C13H21NO3S/c1-11-4-5-13(10-12(11)2)17-8-6-14-7-9-18(3,15)16/h4-5,10,14H,6-9H2,1-3H3. The Labute approximate surface area is 109 Å². The molecule has 0 bridgehead atoms. The van der Waals surface area contributed by atoms with Crippen LogP contribution in [0.2, 0.25) is 0 Å². The topological polar surface area (TPSA) is 55.4 Å². The summed E-state index contributed by atoms with van der Waals surface area (Å²) >= 11 is 0. The molecule has 0 aliphatic carbocycles. The molecule has 0 aromatic heterocycles. The summed E-state index contributed by atoms with van der Waals surface area (Å²) in [5, 5.41) is 3.03. The zero-order chi connectivity index (χ0) is 13.6. The second-order valence-electron chi connectivity index (χ2n) is 4.47. The van der Waals surface area contributed by atoms with Gasteiger partial charge in [0.15, 0.2) is 0 Å². The minimum absolute atomic E-state index is 0.163. The van der Waals surface area contributed by atoms with Crippen molar-refractivity contribution < 1.29 is 13.2 Å². The van der Waals surface area contributed by atoms with Crippen molar-refractivity contribution in [1.29, 1.82) is 0 Å². The van der Waals surface area contributed by atoms with Crippen LogP contribution in [0.3, 0.4) is 0 Å². The normalized spacial score (nSPS) is 11.5. The first-order chi connectivity index (χ1) is 8.38. The van der Waals surface area contributed by atoms with Crippen LogP contribution in [0, 0.1) is 13.8 Å². The third-order valence-corrected chi connectivity index (χ3v) is 3.62. The Kier molecular flexibility index (Phi) is 5.62. The van der Waals surface area contributed by atoms with Crippen LogP contribution in [0.1, 0.15) is 11.1 Å². The number of hydrogen-bond donors (Lipinski definition) is 1. The Morgan fingerprint density at radius 2 is 1.89 bits per heavy atom. The van der Waals surface area contributed by atoms with Gasteiger partial charge in [-0.25, -0.2) is 8.42 Å². The van der Waals surface area contributed by atoms with Crippen molar-refractivity contribution in [2.24, 2.45) is 0 Å². The van der Waals surface area contributed by atoms with Gasteiger partial charge in [0.05, 0.1) is 5.75 Å². The molecule has 0 aliphatic rings. The molecule has 1 N–H and O–H groups in total. The van der Waals surface area contributed by atoms with Gasteiger partial charge in [0.2, 0.25) is 0 Å². The van der Waals surface area contributed by atoms with Crippen LogP contribution in [-0.2, 0) is 9.84 Å². The third-order valence-electron chi connectivity index (χ3n) is 2.68. The van der Waals surface area contributed by atoms with Gasteiger partial charge in [-0.3, -0.25) is 0 Å². The first-order valence-corrected chi connectivity index (χ1v) is 8.03. The monoisotopic (exact) mass is 271 g/mol. The molecule has 18 heavy (non-hydrogen) atoms. The minimum atomic E-state index is -2.88. The van der Waals surface area contributed by atoms with Crippen LogP contribution < -0.4 is 10.1 Å². The van der Waals surface area contributed by atoms with E-state index in [0.717, 1.165) is 5.75 Å². The lowest BCUT2D eigenvalue weighted by atomic mass is 10.1. The maximum absolute atomic E-state index is 10.9. The Morgan fingerprint density at radius 1 is 1.17 bits per heavy atom. The van der Waals surface area contributed by atoms with Crippen LogP contribution in [0.4, 0.5) is 0 Å². The van der Waals surface area contributed by atoms with Crippen LogP contribution >= 0.6 is 0 Å². The summed E-state index contributed by atoms with van der Waals surface area (Å²) in [6.07, 6.45) is 1.24. The van der Waals surface area contributed by atoms with Crippen molar-refractivity contribution in [3.05, 3.63) is 29.3 Å². The molecule has 0 heterocycles. The molecule has 4 nitrogen and oxygen atoms in total. The van der Waals surface area contributed by atoms with Gasteiger partial charge < -0.3 is 10.1 Å². The van der Waals surface area contributed by atoms with E-state index in [0.29, 0.717) is 19.7 Å². The second-order valence-corrected chi connectivity index (χ2v) is 6.73. The summed E-state index contributed by atoms with van der Waals surface area (Å²) in [5.74, 6) is 1.01. The highest BCUT2D eigenvalue weighted by Gasteiger charge is 2.00. The average molecular weight is 271 g/mol. The molecule has 0 spiro atoms. The Morgan fingerprint density at radius 3 is 2.50 bits per heavy atom. The number of rotatable bonds is 7. The van der Waals surface area contributed by atoms with E-state index in [1.807, 2.05) is 25.1 Å². The molecule has 102 valence electrons. The van der Waals surface area contributed by atoms with Crippen LogP contribution in [0.15, 0.2) is 18.2 Å². The molecule has 0 fully saturated rings. The maximum Gasteiger partial charge on any atom is 0.148 e. The number of hydrogen-bond acceptors (Lipinski definition) is 4. The van der Waals surface area contributed by atoms with Crippen LogP contribution in [0.5, 0.6) is 5.75 Å². The van der Waals surface area contributed by atoms with E-state index in [9.17, 15) is 8.42 Å². The zero-order valence-electron chi connectivity index (χ0n) is 11.2. The number of benzene rings is 1. The van der Waals surface area contributed by atoms with Gasteiger partial charge in [-0.1, -0.05) is 6.07 Å². The van der Waals surface area contributed by atoms with Gasteiger partial charge in [0.1, 0.15) is 22.2 Å². The van der Waals surface area contributed by atoms with Gasteiger partial charge in [-0.15, -0.1) is 0 Å². The second kappa shape index (κ2) is 6.75. The molecule has 1 aromatic rings. The molecule has 5 heteroatoms. The molecule has 1 rings (SSSR count). The minimum Gasteiger partial charge on any atom is -0.492 e. The van der Waals surface area contributed by atoms with E-state index < -0.39 is 9.84 Å². The van der Waals surface area contributed by atoms with Crippen LogP contribution in [-0.4, -0.2) is 40.1 Å². The summed E-state index contributed by atoms with van der Waals surface area (Å²) < 4.78 is 27.3. The first-order valence-electron chi connectivity index (χ1n) is 5.97. The van der Waals surface area contributed by atoms with E-state index in [1.54, 1.807) is 0 Å². The lowest BCUT2D eigenvalue weighted by Crippen LogP contribution is -2.26. The average Bonchev–Trinajstić information content (AvgIpc) is 2.26. The highest BCUT2D eigenvalue weighted by Crippen LogP contribution is 2.15. The van der Waals surface area contributed by atoms with Gasteiger partial charge in [0.25, 0.3) is 0 Å². The van der Waals surface area contributed by atoms with E-state index in [4.69, 9.17) is 4.74 Å². The fourth-order valence-electron chi connectivity index (χ4n) is 1.43. The van der Waals surface area contributed by atoms with Crippen LogP contribution in [0.25, 0.3) is 0 Å². The lowest BCUT2D eigenvalue weighted by molar-refractivity contribution is 0.315. The van der Waals surface area contributed by atoms with Gasteiger partial charge in [-0.2, -0.15) is 0 Å². The molecule has 1 aromatic carbocycles. The molecule has 0 aliphatic heterocycles. The molecule has 0 saturated heterocycles. The Balaban J connectivity index is 2.20. The number of ether oxygens (including phenoxy) is 1. The fraction of sp³-hybridized carbons (Fsp3) is 0.538. The van der Waals surface area contributed by atoms with Crippen molar-refractivity contribution in [2.75, 3.05) is 31.7 Å². The van der Waals surface area contributed by atoms with E-state index in [2.05, 4.69) is 12.2 Å². The number of sulfone groups is 1.